The second-order valence-electron chi connectivity index (χ2n) is 6.37. The van der Waals surface area contributed by atoms with Crippen LogP contribution in [0.4, 0.5) is 0 Å². The van der Waals surface area contributed by atoms with E-state index in [2.05, 4.69) is 4.72 Å². The molecule has 1 heterocycles. The number of nitrogens with one attached hydrogen (secondary N) is 1. The summed E-state index contributed by atoms with van der Waals surface area (Å²) in [6.45, 7) is 1.39. The highest BCUT2D eigenvalue weighted by Gasteiger charge is 2.21. The number of sulfonamides is 1. The van der Waals surface area contributed by atoms with E-state index in [1.807, 2.05) is 24.3 Å². The highest BCUT2D eigenvalue weighted by atomic mass is 32.2. The zero-order valence-corrected chi connectivity index (χ0v) is 14.8. The predicted octanol–water partition coefficient (Wildman–Crippen LogP) is 1.46. The molecule has 0 atom stereocenters. The predicted molar refractivity (Wildman–Crippen MR) is 97.5 cm³/mol. The third-order valence-electron chi connectivity index (χ3n) is 4.55. The Labute approximate surface area is 148 Å². The number of carbonyl (C=O) groups excluding carboxylic acids is 1. The lowest BCUT2D eigenvalue weighted by atomic mass is 10.1. The maximum atomic E-state index is 12.4. The molecule has 0 saturated carbocycles. The fourth-order valence-electron chi connectivity index (χ4n) is 3.02. The fourth-order valence-corrected chi connectivity index (χ4v) is 4.08. The molecule has 2 aromatic carbocycles. The van der Waals surface area contributed by atoms with Crippen molar-refractivity contribution >= 4 is 26.7 Å². The van der Waals surface area contributed by atoms with Crippen LogP contribution in [0.2, 0.25) is 0 Å². The molecule has 1 aliphatic heterocycles. The standard InChI is InChI=1S/C18H23N3O3S/c19-16-8-11-21(12-9-16)18(22)7-10-20-25(23,24)17-6-5-14-3-1-2-4-15(14)13-17/h1-6,13,16,20H,7-12,19H2. The van der Waals surface area contributed by atoms with Gasteiger partial charge in [-0.1, -0.05) is 30.3 Å². The van der Waals surface area contributed by atoms with Crippen LogP contribution in [-0.4, -0.2) is 44.9 Å². The van der Waals surface area contributed by atoms with E-state index in [1.165, 1.54) is 0 Å². The van der Waals surface area contributed by atoms with Gasteiger partial charge >= 0.3 is 0 Å². The molecule has 0 radical (unpaired) electrons. The number of fused-ring (bicyclic) bond motifs is 1. The number of rotatable bonds is 5. The van der Waals surface area contributed by atoms with Crippen LogP contribution in [0.1, 0.15) is 19.3 Å². The lowest BCUT2D eigenvalue weighted by Crippen LogP contribution is -2.43. The van der Waals surface area contributed by atoms with Crippen molar-refractivity contribution in [2.24, 2.45) is 5.73 Å². The summed E-state index contributed by atoms with van der Waals surface area (Å²) in [5.41, 5.74) is 5.83. The van der Waals surface area contributed by atoms with Crippen molar-refractivity contribution in [2.75, 3.05) is 19.6 Å². The second kappa shape index (κ2) is 7.51. The molecule has 1 saturated heterocycles. The second-order valence-corrected chi connectivity index (χ2v) is 8.14. The van der Waals surface area contributed by atoms with Crippen LogP contribution >= 0.6 is 0 Å². The number of carbonyl (C=O) groups is 1. The van der Waals surface area contributed by atoms with Crippen molar-refractivity contribution in [3.05, 3.63) is 42.5 Å². The molecule has 134 valence electrons. The minimum Gasteiger partial charge on any atom is -0.343 e. The Morgan fingerprint density at radius 2 is 1.80 bits per heavy atom. The molecule has 1 aliphatic rings. The largest absolute Gasteiger partial charge is 0.343 e. The first-order chi connectivity index (χ1) is 12.0. The molecule has 0 spiro atoms. The molecule has 3 rings (SSSR count). The van der Waals surface area contributed by atoms with E-state index in [0.717, 1.165) is 23.6 Å². The number of hydrogen-bond acceptors (Lipinski definition) is 4. The van der Waals surface area contributed by atoms with Crippen molar-refractivity contribution in [3.8, 4) is 0 Å². The zero-order chi connectivity index (χ0) is 17.9. The highest BCUT2D eigenvalue weighted by molar-refractivity contribution is 7.89. The average Bonchev–Trinajstić information content (AvgIpc) is 2.61. The molecule has 25 heavy (non-hydrogen) atoms. The summed E-state index contributed by atoms with van der Waals surface area (Å²) in [6, 6.07) is 12.8. The van der Waals surface area contributed by atoms with Gasteiger partial charge in [0.25, 0.3) is 0 Å². The number of likely N-dealkylation sites (tertiary alicyclic amines) is 1. The molecule has 0 bridgehead atoms. The van der Waals surface area contributed by atoms with Crippen molar-refractivity contribution in [2.45, 2.75) is 30.2 Å². The van der Waals surface area contributed by atoms with Crippen molar-refractivity contribution in [1.82, 2.24) is 9.62 Å². The van der Waals surface area contributed by atoms with Crippen LogP contribution in [-0.2, 0) is 14.8 Å². The molecule has 1 amide bonds. The maximum absolute atomic E-state index is 12.4. The van der Waals surface area contributed by atoms with E-state index in [0.29, 0.717) is 13.1 Å². The Balaban J connectivity index is 1.58. The number of nitrogens with zero attached hydrogens (tertiary/aromatic N) is 1. The zero-order valence-electron chi connectivity index (χ0n) is 14.0. The van der Waals surface area contributed by atoms with Crippen LogP contribution in [0, 0.1) is 0 Å². The molecule has 0 aliphatic carbocycles. The Morgan fingerprint density at radius 1 is 1.12 bits per heavy atom. The van der Waals surface area contributed by atoms with E-state index in [-0.39, 0.29) is 29.8 Å². The van der Waals surface area contributed by atoms with Crippen LogP contribution < -0.4 is 10.5 Å². The van der Waals surface area contributed by atoms with Gasteiger partial charge in [0.1, 0.15) is 0 Å². The summed E-state index contributed by atoms with van der Waals surface area (Å²) in [4.78, 5) is 14.1. The van der Waals surface area contributed by atoms with Crippen molar-refractivity contribution < 1.29 is 13.2 Å². The number of benzene rings is 2. The molecule has 2 aromatic rings. The maximum Gasteiger partial charge on any atom is 0.240 e. The van der Waals surface area contributed by atoms with E-state index >= 15 is 0 Å². The molecular weight excluding hydrogens is 338 g/mol. The first-order valence-corrected chi connectivity index (χ1v) is 9.96. The summed E-state index contributed by atoms with van der Waals surface area (Å²) in [6.07, 6.45) is 1.76. The third-order valence-corrected chi connectivity index (χ3v) is 6.01. The molecule has 0 aromatic heterocycles. The minimum atomic E-state index is -3.63. The molecule has 3 N–H and O–H groups in total. The van der Waals surface area contributed by atoms with Gasteiger partial charge in [0.15, 0.2) is 0 Å². The lowest BCUT2D eigenvalue weighted by Gasteiger charge is -2.30. The summed E-state index contributed by atoms with van der Waals surface area (Å²) >= 11 is 0. The first-order valence-electron chi connectivity index (χ1n) is 8.47. The molecule has 6 nitrogen and oxygen atoms in total. The van der Waals surface area contributed by atoms with Gasteiger partial charge in [-0.25, -0.2) is 13.1 Å². The van der Waals surface area contributed by atoms with Gasteiger partial charge in [0.2, 0.25) is 15.9 Å². The van der Waals surface area contributed by atoms with E-state index in [4.69, 9.17) is 5.73 Å². The number of hydrogen-bond donors (Lipinski definition) is 2. The first kappa shape index (κ1) is 17.8. The molecule has 1 fully saturated rings. The highest BCUT2D eigenvalue weighted by Crippen LogP contribution is 2.18. The molecule has 7 heteroatoms. The summed E-state index contributed by atoms with van der Waals surface area (Å²) in [7, 11) is -3.63. The van der Waals surface area contributed by atoms with Crippen molar-refractivity contribution in [3.63, 3.8) is 0 Å². The van der Waals surface area contributed by atoms with Crippen molar-refractivity contribution in [1.29, 1.82) is 0 Å². The van der Waals surface area contributed by atoms with E-state index < -0.39 is 10.0 Å². The van der Waals surface area contributed by atoms with Gasteiger partial charge in [0.05, 0.1) is 4.90 Å². The van der Waals surface area contributed by atoms with Gasteiger partial charge in [-0.05, 0) is 35.7 Å². The number of nitrogens with two attached hydrogens (primary N) is 1. The Morgan fingerprint density at radius 3 is 2.52 bits per heavy atom. The van der Waals surface area contributed by atoms with E-state index in [1.54, 1.807) is 23.1 Å². The summed E-state index contributed by atoms with van der Waals surface area (Å²) in [5.74, 6) is -0.0342. The van der Waals surface area contributed by atoms with Crippen LogP contribution in [0.5, 0.6) is 0 Å². The number of piperidine rings is 1. The SMILES string of the molecule is NC1CCN(C(=O)CCNS(=O)(=O)c2ccc3ccccc3c2)CC1. The van der Waals surface area contributed by atoms with Crippen LogP contribution in [0.15, 0.2) is 47.4 Å². The number of amides is 1. The fraction of sp³-hybridized carbons (Fsp3) is 0.389. The van der Waals surface area contributed by atoms with Crippen LogP contribution in [0.25, 0.3) is 10.8 Å². The normalized spacial score (nSPS) is 16.3. The Hall–Kier alpha value is -1.96. The van der Waals surface area contributed by atoms with Crippen LogP contribution in [0.3, 0.4) is 0 Å². The monoisotopic (exact) mass is 361 g/mol. The Kier molecular flexibility index (Phi) is 5.36. The minimum absolute atomic E-state index is 0.0342. The smallest absolute Gasteiger partial charge is 0.240 e. The lowest BCUT2D eigenvalue weighted by molar-refractivity contribution is -0.132. The van der Waals surface area contributed by atoms with Gasteiger partial charge < -0.3 is 10.6 Å². The Bertz CT molecular complexity index is 859. The van der Waals surface area contributed by atoms with Gasteiger partial charge in [-0.15, -0.1) is 0 Å². The average molecular weight is 361 g/mol. The van der Waals surface area contributed by atoms with Gasteiger partial charge in [0, 0.05) is 32.1 Å². The third kappa shape index (κ3) is 4.36. The summed E-state index contributed by atoms with van der Waals surface area (Å²) in [5, 5.41) is 1.85. The van der Waals surface area contributed by atoms with Gasteiger partial charge in [-0.3, -0.25) is 4.79 Å². The topological polar surface area (TPSA) is 92.5 Å². The summed E-state index contributed by atoms with van der Waals surface area (Å²) < 4.78 is 27.4. The van der Waals surface area contributed by atoms with Gasteiger partial charge in [-0.2, -0.15) is 0 Å². The molecule has 0 unspecified atom stereocenters. The molecular formula is C18H23N3O3S. The quantitative estimate of drug-likeness (QED) is 0.843. The van der Waals surface area contributed by atoms with E-state index in [9.17, 15) is 13.2 Å².